The van der Waals surface area contributed by atoms with Crippen LogP contribution < -0.4 is 5.32 Å². The minimum Gasteiger partial charge on any atom is -0.378 e. The number of sulfone groups is 1. The summed E-state index contributed by atoms with van der Waals surface area (Å²) in [5, 5.41) is 10.6. The van der Waals surface area contributed by atoms with Gasteiger partial charge in [-0.2, -0.15) is 4.39 Å². The summed E-state index contributed by atoms with van der Waals surface area (Å²) in [6.45, 7) is 8.23. The molecule has 1 N–H and O–H groups in total. The molecular formula is C17H36FN5O4S. The second-order valence-electron chi connectivity index (χ2n) is 6.51. The molecule has 166 valence electrons. The lowest BCUT2D eigenvalue weighted by Crippen LogP contribution is -2.39. The van der Waals surface area contributed by atoms with E-state index in [1.807, 2.05) is 11.9 Å². The van der Waals surface area contributed by atoms with Crippen molar-refractivity contribution in [2.24, 2.45) is 0 Å². The third-order valence-corrected chi connectivity index (χ3v) is 5.47. The number of hydrogen-bond donors (Lipinski definition) is 1. The van der Waals surface area contributed by atoms with E-state index in [0.29, 0.717) is 39.5 Å². The highest BCUT2D eigenvalue weighted by Gasteiger charge is 2.24. The summed E-state index contributed by atoms with van der Waals surface area (Å²) in [5.41, 5.74) is 0.231. The van der Waals surface area contributed by atoms with Crippen LogP contribution in [0.15, 0.2) is 0 Å². The molecule has 0 aromatic carbocycles. The first-order chi connectivity index (χ1) is 13.4. The van der Waals surface area contributed by atoms with E-state index < -0.39 is 15.8 Å². The Morgan fingerprint density at radius 1 is 1.14 bits per heavy atom. The van der Waals surface area contributed by atoms with Gasteiger partial charge in [0.15, 0.2) is 9.84 Å². The van der Waals surface area contributed by atoms with Gasteiger partial charge in [-0.15, -0.1) is 5.10 Å². The zero-order valence-corrected chi connectivity index (χ0v) is 18.0. The van der Waals surface area contributed by atoms with Crippen LogP contribution in [-0.2, 0) is 32.4 Å². The summed E-state index contributed by atoms with van der Waals surface area (Å²) in [6.07, 6.45) is 1.25. The van der Waals surface area contributed by atoms with Crippen LogP contribution >= 0.6 is 0 Å². The predicted molar refractivity (Wildman–Crippen MR) is 108 cm³/mol. The Bertz CT molecular complexity index is 634. The van der Waals surface area contributed by atoms with Gasteiger partial charge in [0.1, 0.15) is 5.69 Å². The largest absolute Gasteiger partial charge is 0.378 e. The van der Waals surface area contributed by atoms with Crippen LogP contribution in [0.4, 0.5) is 4.39 Å². The van der Waals surface area contributed by atoms with Crippen molar-refractivity contribution in [1.82, 2.24) is 25.2 Å². The third kappa shape index (κ3) is 9.87. The molecule has 0 atom stereocenters. The molecule has 11 heteroatoms. The molecule has 0 unspecified atom stereocenters. The molecule has 1 aromatic rings. The first kappa shape index (κ1) is 24.9. The maximum absolute atomic E-state index is 14.3. The first-order valence-electron chi connectivity index (χ1n) is 9.74. The van der Waals surface area contributed by atoms with Gasteiger partial charge in [0.2, 0.25) is 5.95 Å². The van der Waals surface area contributed by atoms with Crippen LogP contribution in [0.25, 0.3) is 0 Å². The van der Waals surface area contributed by atoms with Crippen molar-refractivity contribution in [3.63, 3.8) is 0 Å². The third-order valence-electron chi connectivity index (χ3n) is 3.86. The number of halogens is 1. The molecule has 0 spiro atoms. The van der Waals surface area contributed by atoms with E-state index in [9.17, 15) is 12.8 Å². The highest BCUT2D eigenvalue weighted by molar-refractivity contribution is 7.91. The molecule has 0 aliphatic carbocycles. The molecule has 0 bridgehead atoms. The smallest absolute Gasteiger partial charge is 0.236 e. The summed E-state index contributed by atoms with van der Waals surface area (Å²) in [5.74, 6) is -0.290. The van der Waals surface area contributed by atoms with Crippen molar-refractivity contribution >= 4 is 9.84 Å². The Kier molecular flexibility index (Phi) is 12.4. The standard InChI is InChI=1S/C14H26FN5O4S.C3H8.H2/c1-16-2-6-23-8-9-24-7-3-20-14(15)13(17-18-20)12-19-4-10-25(21,22)11-5-19;1-3-2;/h16H,2-12H2,1H3;3H2,1-2H3;1H. The fourth-order valence-corrected chi connectivity index (χ4v) is 3.62. The van der Waals surface area contributed by atoms with E-state index >= 15 is 0 Å². The normalized spacial score (nSPS) is 16.6. The molecule has 2 heterocycles. The quantitative estimate of drug-likeness (QED) is 0.514. The molecule has 1 aliphatic heterocycles. The average molecular weight is 426 g/mol. The van der Waals surface area contributed by atoms with E-state index in [2.05, 4.69) is 29.5 Å². The van der Waals surface area contributed by atoms with Gasteiger partial charge in [-0.05, 0) is 7.05 Å². The van der Waals surface area contributed by atoms with E-state index in [0.717, 1.165) is 11.2 Å². The van der Waals surface area contributed by atoms with Crippen molar-refractivity contribution in [3.05, 3.63) is 11.6 Å². The predicted octanol–water partition coefficient (Wildman–Crippen LogP) is 0.563. The van der Waals surface area contributed by atoms with Gasteiger partial charge in [0, 0.05) is 27.6 Å². The maximum Gasteiger partial charge on any atom is 0.236 e. The van der Waals surface area contributed by atoms with Crippen LogP contribution in [0, 0.1) is 5.95 Å². The molecule has 1 fully saturated rings. The Balaban J connectivity index is 0.00000184. The van der Waals surface area contributed by atoms with Crippen LogP contribution in [0.1, 0.15) is 27.4 Å². The fraction of sp³-hybridized carbons (Fsp3) is 0.882. The molecule has 0 radical (unpaired) electrons. The van der Waals surface area contributed by atoms with Gasteiger partial charge in [-0.25, -0.2) is 13.1 Å². The monoisotopic (exact) mass is 425 g/mol. The maximum atomic E-state index is 14.3. The molecule has 1 aliphatic rings. The molecule has 1 saturated heterocycles. The Morgan fingerprint density at radius 2 is 1.75 bits per heavy atom. The molecule has 0 amide bonds. The lowest BCUT2D eigenvalue weighted by Gasteiger charge is -2.25. The van der Waals surface area contributed by atoms with Crippen LogP contribution in [-0.4, -0.2) is 92.9 Å². The summed E-state index contributed by atoms with van der Waals surface area (Å²) < 4.78 is 48.9. The molecule has 0 saturated carbocycles. The summed E-state index contributed by atoms with van der Waals surface area (Å²) in [6, 6.07) is 0. The van der Waals surface area contributed by atoms with Crippen LogP contribution in [0.2, 0.25) is 0 Å². The highest BCUT2D eigenvalue weighted by Crippen LogP contribution is 2.10. The Morgan fingerprint density at radius 3 is 2.36 bits per heavy atom. The van der Waals surface area contributed by atoms with E-state index in [1.165, 1.54) is 6.42 Å². The Hall–Kier alpha value is -1.14. The minimum atomic E-state index is -2.94. The van der Waals surface area contributed by atoms with E-state index in [-0.39, 0.29) is 31.7 Å². The minimum absolute atomic E-state index is 0. The number of likely N-dealkylation sites (N-methyl/N-ethyl adjacent to an activating group) is 1. The summed E-state index contributed by atoms with van der Waals surface area (Å²) >= 11 is 0. The van der Waals surface area contributed by atoms with Gasteiger partial charge < -0.3 is 14.8 Å². The van der Waals surface area contributed by atoms with E-state index in [4.69, 9.17) is 9.47 Å². The topological polar surface area (TPSA) is 98.6 Å². The second-order valence-corrected chi connectivity index (χ2v) is 8.82. The van der Waals surface area contributed by atoms with Gasteiger partial charge in [0.25, 0.3) is 0 Å². The second kappa shape index (κ2) is 13.9. The number of aromatic nitrogens is 3. The zero-order chi connectivity index (χ0) is 20.8. The van der Waals surface area contributed by atoms with Gasteiger partial charge in [-0.3, -0.25) is 4.90 Å². The highest BCUT2D eigenvalue weighted by atomic mass is 32.2. The molecule has 9 nitrogen and oxygen atoms in total. The lowest BCUT2D eigenvalue weighted by atomic mass is 10.4. The van der Waals surface area contributed by atoms with Crippen molar-refractivity contribution in [2.45, 2.75) is 33.4 Å². The summed E-state index contributed by atoms with van der Waals surface area (Å²) in [7, 11) is -1.09. The Labute approximate surface area is 169 Å². The number of rotatable bonds is 11. The van der Waals surface area contributed by atoms with Crippen molar-refractivity contribution in [3.8, 4) is 0 Å². The number of nitrogens with zero attached hydrogens (tertiary/aromatic N) is 4. The lowest BCUT2D eigenvalue weighted by molar-refractivity contribution is 0.0443. The molecular weight excluding hydrogens is 389 g/mol. The van der Waals surface area contributed by atoms with Gasteiger partial charge in [-0.1, -0.05) is 25.5 Å². The van der Waals surface area contributed by atoms with Gasteiger partial charge >= 0.3 is 0 Å². The summed E-state index contributed by atoms with van der Waals surface area (Å²) in [4.78, 5) is 1.87. The zero-order valence-electron chi connectivity index (χ0n) is 17.2. The molecule has 28 heavy (non-hydrogen) atoms. The number of ether oxygens (including phenoxy) is 2. The number of hydrogen-bond acceptors (Lipinski definition) is 8. The van der Waals surface area contributed by atoms with Crippen LogP contribution in [0.3, 0.4) is 0 Å². The average Bonchev–Trinajstić information content (AvgIpc) is 3.00. The van der Waals surface area contributed by atoms with Crippen molar-refractivity contribution < 1.29 is 23.7 Å². The number of nitrogens with one attached hydrogen (secondary N) is 1. The first-order valence-corrected chi connectivity index (χ1v) is 11.6. The van der Waals surface area contributed by atoms with Crippen molar-refractivity contribution in [1.29, 1.82) is 0 Å². The van der Waals surface area contributed by atoms with Crippen molar-refractivity contribution in [2.75, 3.05) is 64.6 Å². The van der Waals surface area contributed by atoms with E-state index in [1.54, 1.807) is 0 Å². The SMILES string of the molecule is CCC.CNCCOCCOCCn1nnc(CN2CCS(=O)(=O)CC2)c1F.[HH]. The molecule has 2 rings (SSSR count). The van der Waals surface area contributed by atoms with Gasteiger partial charge in [0.05, 0.1) is 44.5 Å². The molecule has 1 aromatic heterocycles. The fourth-order valence-electron chi connectivity index (χ4n) is 2.34. The van der Waals surface area contributed by atoms with Crippen LogP contribution in [0.5, 0.6) is 0 Å².